The predicted octanol–water partition coefficient (Wildman–Crippen LogP) is 40.1. The van der Waals surface area contributed by atoms with Crippen molar-refractivity contribution < 1.29 is 26.3 Å². The molecule has 0 bridgehead atoms. The van der Waals surface area contributed by atoms with Crippen molar-refractivity contribution in [3.8, 4) is 0 Å². The smallest absolute Gasteiger partial charge is 0.166 e. The number of hydrogen-bond donors (Lipinski definition) is 0. The first-order chi connectivity index (χ1) is 65.3. The lowest BCUT2D eigenvalue weighted by Gasteiger charge is -2.23. The van der Waals surface area contributed by atoms with E-state index in [1.807, 2.05) is 12.1 Å². The lowest BCUT2D eigenvalue weighted by atomic mass is 9.81. The summed E-state index contributed by atoms with van der Waals surface area (Å²) >= 11 is 0. The molecule has 0 amide bonds. The van der Waals surface area contributed by atoms with Crippen LogP contribution in [0.3, 0.4) is 0 Å². The van der Waals surface area contributed by atoms with Gasteiger partial charge < -0.3 is 0 Å². The minimum atomic E-state index is -4.61. The fourth-order valence-electron chi connectivity index (χ4n) is 23.1. The van der Waals surface area contributed by atoms with Gasteiger partial charge >= 0.3 is 12.4 Å². The van der Waals surface area contributed by atoms with Gasteiger partial charge in [-0.05, 0) is 457 Å². The summed E-state index contributed by atoms with van der Waals surface area (Å²) in [7, 11) is 0. The Kier molecular flexibility index (Phi) is 21.2. The molecule has 0 aromatic heterocycles. The van der Waals surface area contributed by atoms with Crippen LogP contribution < -0.4 is 0 Å². The van der Waals surface area contributed by atoms with Gasteiger partial charge in [0.25, 0.3) is 0 Å². The summed E-state index contributed by atoms with van der Waals surface area (Å²) in [6, 6.07) is 90.9. The van der Waals surface area contributed by atoms with Crippen LogP contribution in [0.5, 0.6) is 0 Å². The highest BCUT2D eigenvalue weighted by molar-refractivity contribution is 6.39. The van der Waals surface area contributed by atoms with Crippen molar-refractivity contribution in [2.75, 3.05) is 0 Å². The van der Waals surface area contributed by atoms with Crippen molar-refractivity contribution in [1.29, 1.82) is 0 Å². The molecule has 0 aliphatic carbocycles. The first-order valence-electron chi connectivity index (χ1n) is 49.1. The third kappa shape index (κ3) is 14.6. The normalized spacial score (nSPS) is 12.9. The molecule has 0 atom stereocenters. The monoisotopic (exact) mass is 1820 g/mol. The van der Waals surface area contributed by atoms with Crippen molar-refractivity contribution in [1.82, 2.24) is 0 Å². The van der Waals surface area contributed by atoms with Crippen LogP contribution in [0.4, 0.5) is 26.3 Å². The molecule has 0 fully saturated rings. The van der Waals surface area contributed by atoms with Crippen molar-refractivity contribution >= 4 is 215 Å². The molecule has 0 unspecified atom stereocenters. The van der Waals surface area contributed by atoms with E-state index in [0.717, 1.165) is 47.9 Å². The lowest BCUT2D eigenvalue weighted by Crippen LogP contribution is -2.11. The number of aryl methyl sites for hydroxylation is 12. The maximum atomic E-state index is 13.6. The molecule has 0 aliphatic heterocycles. The molecule has 0 saturated carbocycles. The van der Waals surface area contributed by atoms with Gasteiger partial charge in [0.05, 0.1) is 11.1 Å². The van der Waals surface area contributed by atoms with Crippen LogP contribution in [-0.2, 0) is 46.9 Å². The van der Waals surface area contributed by atoms with E-state index in [0.29, 0.717) is 32.7 Å². The molecule has 25 rings (SSSR count). The molecule has 688 valence electrons. The van der Waals surface area contributed by atoms with Gasteiger partial charge in [-0.2, -0.15) is 26.3 Å². The second-order valence-corrected chi connectivity index (χ2v) is 44.3. The van der Waals surface area contributed by atoms with Crippen molar-refractivity contribution in [2.24, 2.45) is 0 Å². The van der Waals surface area contributed by atoms with Gasteiger partial charge in [-0.15, -0.1) is 0 Å². The average molecular weight is 1820 g/mol. The predicted molar refractivity (Wildman–Crippen MR) is 589 cm³/mol. The highest BCUT2D eigenvalue weighted by Crippen LogP contribution is 2.53. The maximum Gasteiger partial charge on any atom is 0.416 e. The van der Waals surface area contributed by atoms with Gasteiger partial charge in [-0.25, -0.2) is 0 Å². The third-order valence-corrected chi connectivity index (χ3v) is 31.1. The summed E-state index contributed by atoms with van der Waals surface area (Å²) in [5.41, 5.74) is 19.5. The lowest BCUT2D eigenvalue weighted by molar-refractivity contribution is -0.138. The fourth-order valence-corrected chi connectivity index (χ4v) is 23.1. The Bertz CT molecular complexity index is 9070. The second-order valence-electron chi connectivity index (χ2n) is 44.3. The Labute approximate surface area is 804 Å². The van der Waals surface area contributed by atoms with Gasteiger partial charge in [0.15, 0.2) is 0 Å². The maximum absolute atomic E-state index is 13.6. The first-order valence-corrected chi connectivity index (χ1v) is 49.1. The summed E-state index contributed by atoms with van der Waals surface area (Å²) in [5, 5.41) is 48.6. The van der Waals surface area contributed by atoms with Crippen LogP contribution >= 0.6 is 0 Å². The van der Waals surface area contributed by atoms with E-state index in [-0.39, 0.29) is 32.4 Å². The van der Waals surface area contributed by atoms with Gasteiger partial charge in [0.1, 0.15) is 0 Å². The van der Waals surface area contributed by atoms with Crippen molar-refractivity contribution in [2.45, 2.75) is 213 Å². The van der Waals surface area contributed by atoms with E-state index < -0.39 is 23.5 Å². The number of halogens is 6. The fraction of sp³-hybridized carbons (Fsp3) is 0.242. The zero-order valence-electron chi connectivity index (χ0n) is 83.9. The van der Waals surface area contributed by atoms with E-state index in [9.17, 15) is 26.3 Å². The van der Waals surface area contributed by atoms with Crippen LogP contribution in [0.2, 0.25) is 0 Å². The molecule has 0 saturated heterocycles. The minimum absolute atomic E-state index is 0.126. The zero-order chi connectivity index (χ0) is 97.6. The molecule has 0 radical (unpaired) electrons. The summed E-state index contributed by atoms with van der Waals surface area (Å²) in [6.07, 6.45) is -7.09. The summed E-state index contributed by atoms with van der Waals surface area (Å²) in [6.45, 7) is 53.6. The largest absolute Gasteiger partial charge is 0.416 e. The van der Waals surface area contributed by atoms with E-state index >= 15 is 0 Å². The first kappa shape index (κ1) is 91.0. The summed E-state index contributed by atoms with van der Waals surface area (Å²) in [5.74, 6) is 0. The topological polar surface area (TPSA) is 0 Å². The number of hydrogen-bond acceptors (Lipinski definition) is 0. The van der Waals surface area contributed by atoms with E-state index in [4.69, 9.17) is 0 Å². The Morgan fingerprint density at radius 1 is 0.152 bits per heavy atom. The van der Waals surface area contributed by atoms with Crippen molar-refractivity contribution in [3.05, 3.63) is 355 Å². The van der Waals surface area contributed by atoms with E-state index in [2.05, 4.69) is 359 Å². The molecule has 0 aliphatic rings. The average Bonchev–Trinajstić information content (AvgIpc) is 0.718. The van der Waals surface area contributed by atoms with Gasteiger partial charge in [0.2, 0.25) is 0 Å². The number of alkyl halides is 6. The molecule has 0 spiro atoms. The van der Waals surface area contributed by atoms with Crippen LogP contribution in [0.1, 0.15) is 197 Å². The van der Waals surface area contributed by atoms with Crippen LogP contribution in [-0.4, -0.2) is 0 Å². The molecule has 6 heteroatoms. The summed E-state index contributed by atoms with van der Waals surface area (Å²) in [4.78, 5) is 0. The van der Waals surface area contributed by atoms with E-state index in [1.54, 1.807) is 26.0 Å². The molecule has 0 N–H and O–H groups in total. The zero-order valence-corrected chi connectivity index (χ0v) is 83.9. The molecular weight excluding hydrogens is 1700 g/mol. The Morgan fingerprint density at radius 3 is 0.493 bits per heavy atom. The number of rotatable bonds is 2. The van der Waals surface area contributed by atoms with Crippen LogP contribution in [0.25, 0.3) is 215 Å². The van der Waals surface area contributed by atoms with Crippen LogP contribution in [0, 0.1) is 69.2 Å². The Hall–Kier alpha value is -13.4. The number of fused-ring (bicyclic) bond motifs is 10. The van der Waals surface area contributed by atoms with Gasteiger partial charge in [-0.3, -0.25) is 0 Å². The van der Waals surface area contributed by atoms with Crippen molar-refractivity contribution in [3.63, 3.8) is 0 Å². The highest BCUT2D eigenvalue weighted by Gasteiger charge is 2.36. The third-order valence-electron chi connectivity index (χ3n) is 31.1. The van der Waals surface area contributed by atoms with E-state index in [1.165, 1.54) is 250 Å². The quantitative estimate of drug-likeness (QED) is 0.0919. The highest BCUT2D eigenvalue weighted by atomic mass is 19.4. The van der Waals surface area contributed by atoms with Gasteiger partial charge in [-0.1, -0.05) is 303 Å². The summed E-state index contributed by atoms with van der Waals surface area (Å²) < 4.78 is 81.7. The molecule has 138 heavy (non-hydrogen) atoms. The molecule has 0 heterocycles. The van der Waals surface area contributed by atoms with Crippen LogP contribution in [0.15, 0.2) is 255 Å². The number of benzene rings is 25. The molecule has 0 nitrogen and oxygen atoms in total. The molecule has 25 aromatic carbocycles. The SMILES string of the molecule is CCc1cc2c(C)ccc3c4cc(C(C)(C)C)cc5c(C)ccc(c(c1)c23)c54.CCc1cc2c(C)ccc3c4ccc(C)c5cc(C(C)(C)C)cc(c(c1)c23)c54.Cc1ccc2c3cc(C(C)(C)C)cc4c(C)ccc(c5cccc1c52)c43.Cc1ccc2c3ccc(C)c4cc(C(C)(C)C)cc(c5cccc1c25)c43.Cc1ccc2c3ccc(C)c4cc(C(F)(F)F)cc(c5cc(C(F)(F)F)cc1c25)c43. The van der Waals surface area contributed by atoms with Gasteiger partial charge in [0, 0.05) is 0 Å². The Balaban J connectivity index is 0.000000103. The molecular formula is C132H118F6. The standard InChI is InChI=1S/2C28H28.2C26H24.C24H14F6/c1-7-18-12-22-16(2)8-11-21-25-15-19(28(4,5)6)14-23-17(3)9-10-20(27(23)25)24(13-18)26(21)22;1-7-18-12-22-16(2)8-10-20-21-11-9-17(3)23-14-19(28(4,5)6)15-25(27(21)23)24(13-18)26(20)22;1-15-9-12-21-23-14-17(26(3,4)5)13-22-16(2)10-11-20(25(22)23)19-8-6-7-18(15)24(19)21;1-15-9-11-20-21-12-10-16(2)22-13-17(26(3,4)5)14-23(25(21)22)19-8-6-7-18(15)24(19)20;1-11-3-5-15-16-6-4-12(2)18-8-14(24(28,29)30)10-20(22(16)18)19-9-13(23(25,26)27)7-17(11)21(15)19/h2*8-15H,7H2,1-6H3;2*6-14H,1-5H3;3-10H,1-2H3. The molecule has 25 aromatic rings. The Morgan fingerprint density at radius 2 is 0.283 bits per heavy atom. The second kappa shape index (κ2) is 32.1. The minimum Gasteiger partial charge on any atom is -0.166 e.